The monoisotopic (exact) mass is 315 g/mol. The molecule has 0 aromatic rings. The molecule has 1 saturated heterocycles. The summed E-state index contributed by atoms with van der Waals surface area (Å²) in [6.07, 6.45) is 0.127. The lowest BCUT2D eigenvalue weighted by Gasteiger charge is -2.40. The van der Waals surface area contributed by atoms with Crippen LogP contribution in [0.1, 0.15) is 27.2 Å². The van der Waals surface area contributed by atoms with Gasteiger partial charge in [-0.25, -0.2) is 4.79 Å². The van der Waals surface area contributed by atoms with E-state index >= 15 is 0 Å². The first-order valence-electron chi connectivity index (χ1n) is 7.65. The van der Waals surface area contributed by atoms with E-state index in [2.05, 4.69) is 0 Å². The lowest BCUT2D eigenvalue weighted by Crippen LogP contribution is -2.53. The van der Waals surface area contributed by atoms with E-state index in [1.807, 2.05) is 0 Å². The van der Waals surface area contributed by atoms with Crippen LogP contribution >= 0.6 is 0 Å². The summed E-state index contributed by atoms with van der Waals surface area (Å²) in [6.45, 7) is 5.02. The van der Waals surface area contributed by atoms with Gasteiger partial charge in [-0.05, 0) is 18.9 Å². The van der Waals surface area contributed by atoms with E-state index in [-0.39, 0.29) is 13.2 Å². The number of hydrogen-bond acceptors (Lipinski definition) is 6. The van der Waals surface area contributed by atoms with E-state index < -0.39 is 40.4 Å². The molecule has 0 aromatic carbocycles. The standard InChI is InChI=1S/C15H25NO6/c1-9(2)15(20,10(3)17)14(19)22-8-11-4-6-16(21)7-5-12(18)13(11)16/h4,9-10,12-13,17-18,20H,5-8H2,1-3H3/t10-,12+,13+,15?,16?/m0/s1. The average Bonchev–Trinajstić information content (AvgIpc) is 2.92. The van der Waals surface area contributed by atoms with Crippen molar-refractivity contribution in [3.63, 3.8) is 0 Å². The molecular formula is C15H25NO6. The van der Waals surface area contributed by atoms with Crippen LogP contribution < -0.4 is 0 Å². The fraction of sp³-hybridized carbons (Fsp3) is 0.800. The Kier molecular flexibility index (Phi) is 4.66. The summed E-state index contributed by atoms with van der Waals surface area (Å²) < 4.78 is 4.64. The molecule has 0 aliphatic carbocycles. The first kappa shape index (κ1) is 17.4. The second-order valence-electron chi connectivity index (χ2n) is 6.67. The number of fused-ring (bicyclic) bond motifs is 1. The number of carbonyl (C=O) groups excluding carboxylic acids is 1. The Bertz CT molecular complexity index is 467. The van der Waals surface area contributed by atoms with Crippen LogP contribution in [0.25, 0.3) is 0 Å². The zero-order chi connectivity index (χ0) is 16.7. The largest absolute Gasteiger partial charge is 0.632 e. The number of aliphatic hydroxyl groups is 3. The van der Waals surface area contributed by atoms with E-state index in [4.69, 9.17) is 4.74 Å². The van der Waals surface area contributed by atoms with Crippen molar-refractivity contribution in [2.24, 2.45) is 5.92 Å². The van der Waals surface area contributed by atoms with Crippen molar-refractivity contribution in [3.05, 3.63) is 16.9 Å². The minimum absolute atomic E-state index is 0.148. The number of aliphatic hydroxyl groups excluding tert-OH is 2. The molecule has 126 valence electrons. The molecule has 0 spiro atoms. The van der Waals surface area contributed by atoms with Gasteiger partial charge in [0.1, 0.15) is 18.8 Å². The van der Waals surface area contributed by atoms with Gasteiger partial charge in [0.25, 0.3) is 0 Å². The lowest BCUT2D eigenvalue weighted by atomic mass is 9.85. The number of esters is 1. The zero-order valence-corrected chi connectivity index (χ0v) is 13.2. The predicted molar refractivity (Wildman–Crippen MR) is 78.3 cm³/mol. The third kappa shape index (κ3) is 2.68. The van der Waals surface area contributed by atoms with Gasteiger partial charge < -0.3 is 29.9 Å². The van der Waals surface area contributed by atoms with Crippen LogP contribution in [0.3, 0.4) is 0 Å². The van der Waals surface area contributed by atoms with Gasteiger partial charge in [-0.3, -0.25) is 0 Å². The molecule has 0 radical (unpaired) electrons. The van der Waals surface area contributed by atoms with Crippen LogP contribution in [0, 0.1) is 11.1 Å². The number of rotatable bonds is 5. The fourth-order valence-electron chi connectivity index (χ4n) is 3.41. The molecule has 2 unspecified atom stereocenters. The van der Waals surface area contributed by atoms with Crippen molar-refractivity contribution in [2.75, 3.05) is 19.7 Å². The molecule has 5 atom stereocenters. The van der Waals surface area contributed by atoms with Crippen LogP contribution in [0.2, 0.25) is 0 Å². The highest BCUT2D eigenvalue weighted by Gasteiger charge is 2.49. The van der Waals surface area contributed by atoms with Crippen molar-refractivity contribution in [3.8, 4) is 0 Å². The first-order valence-corrected chi connectivity index (χ1v) is 7.65. The van der Waals surface area contributed by atoms with Gasteiger partial charge in [-0.15, -0.1) is 0 Å². The Morgan fingerprint density at radius 3 is 2.73 bits per heavy atom. The maximum Gasteiger partial charge on any atom is 0.341 e. The van der Waals surface area contributed by atoms with E-state index in [9.17, 15) is 25.3 Å². The number of ether oxygens (including phenoxy) is 1. The van der Waals surface area contributed by atoms with Gasteiger partial charge in [0.15, 0.2) is 5.60 Å². The quantitative estimate of drug-likeness (QED) is 0.278. The topological polar surface area (TPSA) is 110 Å². The van der Waals surface area contributed by atoms with E-state index in [0.29, 0.717) is 18.5 Å². The Labute approximate surface area is 130 Å². The molecule has 7 nitrogen and oxygen atoms in total. The van der Waals surface area contributed by atoms with Crippen LogP contribution in [-0.4, -0.2) is 69.5 Å². The fourth-order valence-corrected chi connectivity index (χ4v) is 3.41. The molecule has 22 heavy (non-hydrogen) atoms. The highest BCUT2D eigenvalue weighted by molar-refractivity contribution is 5.80. The minimum atomic E-state index is -1.99. The Morgan fingerprint density at radius 2 is 2.18 bits per heavy atom. The third-order valence-corrected chi connectivity index (χ3v) is 4.93. The zero-order valence-electron chi connectivity index (χ0n) is 13.2. The molecule has 0 bridgehead atoms. The van der Waals surface area contributed by atoms with Crippen molar-refractivity contribution in [1.82, 2.24) is 0 Å². The first-order chi connectivity index (χ1) is 10.1. The molecule has 7 heteroatoms. The van der Waals surface area contributed by atoms with Crippen molar-refractivity contribution < 1.29 is 29.5 Å². The Balaban J connectivity index is 2.03. The van der Waals surface area contributed by atoms with Crippen LogP contribution in [0.15, 0.2) is 11.6 Å². The summed E-state index contributed by atoms with van der Waals surface area (Å²) in [5.41, 5.74) is -1.40. The molecule has 0 amide bonds. The van der Waals surface area contributed by atoms with Gasteiger partial charge in [-0.1, -0.05) is 13.8 Å². The molecule has 0 saturated carbocycles. The highest BCUT2D eigenvalue weighted by Crippen LogP contribution is 2.36. The van der Waals surface area contributed by atoms with Gasteiger partial charge >= 0.3 is 5.97 Å². The Hall–Kier alpha value is -0.990. The highest BCUT2D eigenvalue weighted by atomic mass is 16.6. The maximum atomic E-state index is 12.4. The minimum Gasteiger partial charge on any atom is -0.632 e. The smallest absolute Gasteiger partial charge is 0.341 e. The average molecular weight is 315 g/mol. The number of carbonyl (C=O) groups is 1. The van der Waals surface area contributed by atoms with Gasteiger partial charge in [0.2, 0.25) is 0 Å². The summed E-state index contributed by atoms with van der Waals surface area (Å²) in [5.74, 6) is -1.44. The molecule has 2 aliphatic heterocycles. The number of hydrogen-bond donors (Lipinski definition) is 3. The number of nitrogens with zero attached hydrogens (tertiary/aromatic N) is 1. The maximum absolute atomic E-state index is 12.4. The summed E-state index contributed by atoms with van der Waals surface area (Å²) in [5, 5.41) is 42.4. The summed E-state index contributed by atoms with van der Waals surface area (Å²) in [4.78, 5) is 12.2. The Morgan fingerprint density at radius 1 is 1.55 bits per heavy atom. The van der Waals surface area contributed by atoms with Gasteiger partial charge in [0, 0.05) is 12.0 Å². The van der Waals surface area contributed by atoms with E-state index in [0.717, 1.165) is 0 Å². The number of quaternary nitrogens is 1. The normalized spacial score (nSPS) is 35.0. The molecule has 2 heterocycles. The number of hydroxylamine groups is 3. The second-order valence-corrected chi connectivity index (χ2v) is 6.67. The van der Waals surface area contributed by atoms with Crippen LogP contribution in [0.5, 0.6) is 0 Å². The summed E-state index contributed by atoms with van der Waals surface area (Å²) >= 11 is 0. The molecule has 1 fully saturated rings. The molecular weight excluding hydrogens is 290 g/mol. The molecule has 2 aliphatic rings. The van der Waals surface area contributed by atoms with Gasteiger partial charge in [-0.2, -0.15) is 0 Å². The summed E-state index contributed by atoms with van der Waals surface area (Å²) in [6, 6.07) is -0.591. The summed E-state index contributed by atoms with van der Waals surface area (Å²) in [7, 11) is 0. The van der Waals surface area contributed by atoms with Crippen LogP contribution in [0.4, 0.5) is 0 Å². The molecule has 2 rings (SSSR count). The van der Waals surface area contributed by atoms with Gasteiger partial charge in [0.05, 0.1) is 19.2 Å². The van der Waals surface area contributed by atoms with Crippen molar-refractivity contribution >= 4 is 5.97 Å². The lowest BCUT2D eigenvalue weighted by molar-refractivity contribution is -0.877. The van der Waals surface area contributed by atoms with E-state index in [1.54, 1.807) is 19.9 Å². The van der Waals surface area contributed by atoms with E-state index in [1.165, 1.54) is 6.92 Å². The van der Waals surface area contributed by atoms with Crippen molar-refractivity contribution in [1.29, 1.82) is 0 Å². The molecule has 3 N–H and O–H groups in total. The predicted octanol–water partition coefficient (Wildman–Crippen LogP) is -0.315. The third-order valence-electron chi connectivity index (χ3n) is 4.93. The second kappa shape index (κ2) is 5.90. The molecule has 0 aromatic heterocycles. The van der Waals surface area contributed by atoms with Crippen LogP contribution in [-0.2, 0) is 9.53 Å². The SMILES string of the molecule is CC(C)C(O)(C(=O)OCC1=CC[N+]2([O-])CC[C@@H](O)[C@@H]12)[C@H](C)O. The van der Waals surface area contributed by atoms with Crippen molar-refractivity contribution in [2.45, 2.75) is 51.0 Å².